The van der Waals surface area contributed by atoms with Crippen molar-refractivity contribution in [3.8, 4) is 28.6 Å². The van der Waals surface area contributed by atoms with Crippen molar-refractivity contribution in [3.63, 3.8) is 0 Å². The van der Waals surface area contributed by atoms with E-state index in [0.717, 1.165) is 17.0 Å². The number of amides is 1. The number of carbonyl (C=O) groups is 1. The molecule has 0 saturated heterocycles. The molecule has 0 aliphatic carbocycles. The van der Waals surface area contributed by atoms with E-state index in [0.29, 0.717) is 33.7 Å². The smallest absolute Gasteiger partial charge is 0.263 e. The molecule has 1 N–H and O–H groups in total. The fraction of sp³-hybridized carbons (Fsp3) is 0.130. The number of ether oxygens (including phenoxy) is 1. The summed E-state index contributed by atoms with van der Waals surface area (Å²) in [5.74, 6) is 0.494. The molecule has 5 aromatic rings. The lowest BCUT2D eigenvalue weighted by atomic mass is 10.2. The Hall–Kier alpha value is -4.05. The molecule has 0 unspecified atom stereocenters. The van der Waals surface area contributed by atoms with E-state index in [1.165, 1.54) is 23.5 Å². The van der Waals surface area contributed by atoms with E-state index < -0.39 is 0 Å². The fourth-order valence-corrected chi connectivity index (χ4v) is 4.30. The Bertz CT molecular complexity index is 1390. The average Bonchev–Trinajstić information content (AvgIpc) is 3.56. The molecular formula is C23H18FN5O3S. The van der Waals surface area contributed by atoms with Crippen LogP contribution in [0.5, 0.6) is 5.88 Å². The summed E-state index contributed by atoms with van der Waals surface area (Å²) in [4.78, 5) is 18.5. The van der Waals surface area contributed by atoms with Gasteiger partial charge < -0.3 is 14.5 Å². The van der Waals surface area contributed by atoms with E-state index in [4.69, 9.17) is 9.15 Å². The van der Waals surface area contributed by atoms with Crippen LogP contribution in [0.3, 0.4) is 0 Å². The number of imidazole rings is 1. The van der Waals surface area contributed by atoms with Crippen LogP contribution in [0.1, 0.15) is 15.4 Å². The van der Waals surface area contributed by atoms with Crippen molar-refractivity contribution >= 4 is 22.2 Å². The number of halogens is 1. The highest BCUT2D eigenvalue weighted by Gasteiger charge is 2.18. The van der Waals surface area contributed by atoms with Gasteiger partial charge in [-0.05, 0) is 49.4 Å². The first-order chi connectivity index (χ1) is 16.1. The molecule has 0 aliphatic heterocycles. The minimum atomic E-state index is -0.295. The van der Waals surface area contributed by atoms with Crippen LogP contribution in [0.25, 0.3) is 27.7 Å². The number of carbonyl (C=O) groups excluding carboxylic acids is 1. The third kappa shape index (κ3) is 4.33. The van der Waals surface area contributed by atoms with Crippen LogP contribution >= 0.6 is 11.3 Å². The molecule has 166 valence electrons. The SMILES string of the molecule is Cc1c(C(=O)NCCOc2ccc(-c3ccco3)nn2)sc2nc(-c3ccc(F)cc3)cn12. The van der Waals surface area contributed by atoms with Gasteiger partial charge in [-0.2, -0.15) is 0 Å². The highest BCUT2D eigenvalue weighted by molar-refractivity contribution is 7.19. The van der Waals surface area contributed by atoms with Gasteiger partial charge in [-0.3, -0.25) is 9.20 Å². The molecule has 1 amide bonds. The molecule has 4 heterocycles. The van der Waals surface area contributed by atoms with Gasteiger partial charge in [0.05, 0.1) is 18.5 Å². The molecule has 0 bridgehead atoms. The molecular weight excluding hydrogens is 445 g/mol. The van der Waals surface area contributed by atoms with Crippen LogP contribution in [0, 0.1) is 12.7 Å². The molecule has 0 atom stereocenters. The number of nitrogens with zero attached hydrogens (tertiary/aromatic N) is 4. The van der Waals surface area contributed by atoms with Crippen LogP contribution in [-0.2, 0) is 0 Å². The molecule has 0 saturated carbocycles. The summed E-state index contributed by atoms with van der Waals surface area (Å²) >= 11 is 1.30. The monoisotopic (exact) mass is 463 g/mol. The van der Waals surface area contributed by atoms with Crippen molar-refractivity contribution in [2.45, 2.75) is 6.92 Å². The molecule has 10 heteroatoms. The second kappa shape index (κ2) is 8.83. The van der Waals surface area contributed by atoms with Gasteiger partial charge in [-0.1, -0.05) is 11.3 Å². The van der Waals surface area contributed by atoms with Gasteiger partial charge in [0, 0.05) is 23.5 Å². The van der Waals surface area contributed by atoms with Crippen molar-refractivity contribution in [2.24, 2.45) is 0 Å². The maximum Gasteiger partial charge on any atom is 0.263 e. The van der Waals surface area contributed by atoms with Crippen molar-refractivity contribution in [3.05, 3.63) is 77.4 Å². The van der Waals surface area contributed by atoms with Crippen LogP contribution in [0.15, 0.2) is 65.4 Å². The quantitative estimate of drug-likeness (QED) is 0.360. The number of nitrogens with one attached hydrogen (secondary N) is 1. The predicted molar refractivity (Wildman–Crippen MR) is 121 cm³/mol. The summed E-state index contributed by atoms with van der Waals surface area (Å²) in [6.45, 7) is 2.42. The number of hydrogen-bond acceptors (Lipinski definition) is 7. The van der Waals surface area contributed by atoms with E-state index in [9.17, 15) is 9.18 Å². The van der Waals surface area contributed by atoms with Crippen molar-refractivity contribution < 1.29 is 18.3 Å². The molecule has 0 aliphatic rings. The number of furan rings is 1. The molecule has 0 spiro atoms. The van der Waals surface area contributed by atoms with Gasteiger partial charge in [0.15, 0.2) is 10.7 Å². The van der Waals surface area contributed by atoms with Crippen LogP contribution in [0.2, 0.25) is 0 Å². The zero-order chi connectivity index (χ0) is 22.8. The molecule has 33 heavy (non-hydrogen) atoms. The minimum Gasteiger partial charge on any atom is -0.475 e. The molecule has 0 fully saturated rings. The highest BCUT2D eigenvalue weighted by Crippen LogP contribution is 2.27. The first-order valence-corrected chi connectivity index (χ1v) is 10.9. The lowest BCUT2D eigenvalue weighted by molar-refractivity contribution is 0.0949. The Balaban J connectivity index is 1.17. The number of thiazole rings is 1. The minimum absolute atomic E-state index is 0.200. The summed E-state index contributed by atoms with van der Waals surface area (Å²) in [5, 5.41) is 10.9. The zero-order valence-corrected chi connectivity index (χ0v) is 18.3. The number of benzene rings is 1. The lowest BCUT2D eigenvalue weighted by Gasteiger charge is -2.06. The first kappa shape index (κ1) is 20.8. The number of aryl methyl sites for hydroxylation is 1. The summed E-state index contributed by atoms with van der Waals surface area (Å²) in [5.41, 5.74) is 2.94. The second-order valence-corrected chi connectivity index (χ2v) is 8.12. The van der Waals surface area contributed by atoms with Crippen molar-refractivity contribution in [1.82, 2.24) is 24.9 Å². The standard InChI is InChI=1S/C23H18FN5O3S/c1-14-21(33-23-26-18(13-29(14)23)15-4-6-16(24)7-5-15)22(30)25-10-12-32-20-9-8-17(27-28-20)19-3-2-11-31-19/h2-9,11,13H,10,12H2,1H3,(H,25,30). The fourth-order valence-electron chi connectivity index (χ4n) is 3.27. The van der Waals surface area contributed by atoms with Crippen LogP contribution in [0.4, 0.5) is 4.39 Å². The predicted octanol–water partition coefficient (Wildman–Crippen LogP) is 4.37. The third-order valence-electron chi connectivity index (χ3n) is 4.95. The normalized spacial score (nSPS) is 11.1. The van der Waals surface area contributed by atoms with Gasteiger partial charge in [0.2, 0.25) is 5.88 Å². The Morgan fingerprint density at radius 1 is 1.15 bits per heavy atom. The highest BCUT2D eigenvalue weighted by atomic mass is 32.1. The van der Waals surface area contributed by atoms with E-state index in [1.807, 2.05) is 17.5 Å². The molecule has 4 aromatic heterocycles. The van der Waals surface area contributed by atoms with E-state index in [2.05, 4.69) is 20.5 Å². The number of fused-ring (bicyclic) bond motifs is 1. The Morgan fingerprint density at radius 3 is 2.70 bits per heavy atom. The Morgan fingerprint density at radius 2 is 2.00 bits per heavy atom. The molecule has 8 nitrogen and oxygen atoms in total. The molecule has 1 aromatic carbocycles. The van der Waals surface area contributed by atoms with Crippen molar-refractivity contribution in [1.29, 1.82) is 0 Å². The molecule has 0 radical (unpaired) electrons. The Labute approximate surface area is 191 Å². The van der Waals surface area contributed by atoms with E-state index in [-0.39, 0.29) is 18.3 Å². The van der Waals surface area contributed by atoms with Gasteiger partial charge in [-0.25, -0.2) is 9.37 Å². The first-order valence-electron chi connectivity index (χ1n) is 10.1. The van der Waals surface area contributed by atoms with E-state index >= 15 is 0 Å². The zero-order valence-electron chi connectivity index (χ0n) is 17.5. The van der Waals surface area contributed by atoms with Gasteiger partial charge in [0.25, 0.3) is 5.91 Å². The maximum absolute atomic E-state index is 13.2. The van der Waals surface area contributed by atoms with Gasteiger partial charge in [-0.15, -0.1) is 10.2 Å². The maximum atomic E-state index is 13.2. The lowest BCUT2D eigenvalue weighted by Crippen LogP contribution is -2.28. The number of hydrogen-bond donors (Lipinski definition) is 1. The Kier molecular flexibility index (Phi) is 5.57. The van der Waals surface area contributed by atoms with Crippen molar-refractivity contribution in [2.75, 3.05) is 13.2 Å². The largest absolute Gasteiger partial charge is 0.475 e. The summed E-state index contributed by atoms with van der Waals surface area (Å²) < 4.78 is 25.9. The van der Waals surface area contributed by atoms with Crippen LogP contribution in [-0.4, -0.2) is 38.6 Å². The van der Waals surface area contributed by atoms with Crippen LogP contribution < -0.4 is 10.1 Å². The van der Waals surface area contributed by atoms with E-state index in [1.54, 1.807) is 42.7 Å². The number of rotatable bonds is 7. The molecule has 5 rings (SSSR count). The average molecular weight is 463 g/mol. The third-order valence-corrected chi connectivity index (χ3v) is 6.11. The summed E-state index contributed by atoms with van der Waals surface area (Å²) in [6.07, 6.45) is 3.42. The number of aromatic nitrogens is 4. The van der Waals surface area contributed by atoms with Gasteiger partial charge in [0.1, 0.15) is 23.0 Å². The topological polar surface area (TPSA) is 94.5 Å². The second-order valence-electron chi connectivity index (χ2n) is 7.14. The summed E-state index contributed by atoms with van der Waals surface area (Å²) in [7, 11) is 0. The summed E-state index contributed by atoms with van der Waals surface area (Å²) in [6, 6.07) is 13.2. The van der Waals surface area contributed by atoms with Gasteiger partial charge >= 0.3 is 0 Å².